The molecular formula is C10H12BrFN2. The molecule has 2 atom stereocenters. The standard InChI is InChI=1S/C10H12BrFN2/c11-7-4-5-10(13-6-7)14-9-3-1-2-8(9)12/h4-6,8-9H,1-3H2,(H,13,14)/t8-,9+/m1/s1. The molecule has 1 aromatic rings. The van der Waals surface area contributed by atoms with Crippen molar-refractivity contribution in [1.82, 2.24) is 4.98 Å². The van der Waals surface area contributed by atoms with Gasteiger partial charge in [-0.25, -0.2) is 9.37 Å². The SMILES string of the molecule is F[C@@H]1CCC[C@@H]1Nc1ccc(Br)cn1. The van der Waals surface area contributed by atoms with E-state index in [9.17, 15) is 4.39 Å². The smallest absolute Gasteiger partial charge is 0.126 e. The topological polar surface area (TPSA) is 24.9 Å². The Morgan fingerprint density at radius 3 is 2.86 bits per heavy atom. The maximum Gasteiger partial charge on any atom is 0.126 e. The molecule has 1 aliphatic rings. The number of hydrogen-bond acceptors (Lipinski definition) is 2. The first-order valence-corrected chi connectivity index (χ1v) is 5.57. The number of pyridine rings is 1. The first-order valence-electron chi connectivity index (χ1n) is 4.78. The van der Waals surface area contributed by atoms with Crippen LogP contribution >= 0.6 is 15.9 Å². The fourth-order valence-corrected chi connectivity index (χ4v) is 1.96. The molecule has 0 aliphatic heterocycles. The van der Waals surface area contributed by atoms with Gasteiger partial charge in [-0.3, -0.25) is 0 Å². The van der Waals surface area contributed by atoms with Gasteiger partial charge in [0.1, 0.15) is 12.0 Å². The van der Waals surface area contributed by atoms with Gasteiger partial charge in [0.15, 0.2) is 0 Å². The maximum atomic E-state index is 13.3. The third kappa shape index (κ3) is 2.23. The van der Waals surface area contributed by atoms with E-state index in [0.29, 0.717) is 6.42 Å². The van der Waals surface area contributed by atoms with E-state index in [-0.39, 0.29) is 6.04 Å². The molecule has 1 aliphatic carbocycles. The highest BCUT2D eigenvalue weighted by atomic mass is 79.9. The summed E-state index contributed by atoms with van der Waals surface area (Å²) in [7, 11) is 0. The normalized spacial score (nSPS) is 26.4. The third-order valence-electron chi connectivity index (χ3n) is 2.49. The summed E-state index contributed by atoms with van der Waals surface area (Å²) in [5.41, 5.74) is 0. The second-order valence-electron chi connectivity index (χ2n) is 3.56. The highest BCUT2D eigenvalue weighted by molar-refractivity contribution is 9.10. The monoisotopic (exact) mass is 258 g/mol. The van der Waals surface area contributed by atoms with Crippen LogP contribution in [-0.2, 0) is 0 Å². The van der Waals surface area contributed by atoms with Crippen molar-refractivity contribution in [2.24, 2.45) is 0 Å². The van der Waals surface area contributed by atoms with E-state index >= 15 is 0 Å². The van der Waals surface area contributed by atoms with Crippen molar-refractivity contribution < 1.29 is 4.39 Å². The molecule has 0 amide bonds. The Labute approximate surface area is 91.1 Å². The van der Waals surface area contributed by atoms with E-state index in [2.05, 4.69) is 26.2 Å². The summed E-state index contributed by atoms with van der Waals surface area (Å²) in [5, 5.41) is 3.11. The quantitative estimate of drug-likeness (QED) is 0.882. The van der Waals surface area contributed by atoms with Crippen LogP contribution in [-0.4, -0.2) is 17.2 Å². The molecule has 0 aromatic carbocycles. The van der Waals surface area contributed by atoms with Crippen molar-refractivity contribution in [2.75, 3.05) is 5.32 Å². The van der Waals surface area contributed by atoms with Crippen LogP contribution in [0.25, 0.3) is 0 Å². The van der Waals surface area contributed by atoms with E-state index in [0.717, 1.165) is 23.1 Å². The molecule has 1 saturated carbocycles. The molecular weight excluding hydrogens is 247 g/mol. The molecule has 76 valence electrons. The lowest BCUT2D eigenvalue weighted by atomic mass is 10.2. The van der Waals surface area contributed by atoms with E-state index in [1.807, 2.05) is 12.1 Å². The molecule has 1 heterocycles. The van der Waals surface area contributed by atoms with Gasteiger partial charge < -0.3 is 5.32 Å². The number of rotatable bonds is 2. The van der Waals surface area contributed by atoms with Gasteiger partial charge in [-0.05, 0) is 47.3 Å². The lowest BCUT2D eigenvalue weighted by molar-refractivity contribution is 0.323. The first kappa shape index (κ1) is 9.90. The summed E-state index contributed by atoms with van der Waals surface area (Å²) in [6.45, 7) is 0. The molecule has 2 nitrogen and oxygen atoms in total. The molecule has 0 bridgehead atoms. The second kappa shape index (κ2) is 4.26. The lowest BCUT2D eigenvalue weighted by Gasteiger charge is -2.15. The van der Waals surface area contributed by atoms with Crippen LogP contribution in [0.4, 0.5) is 10.2 Å². The Balaban J connectivity index is 2.00. The van der Waals surface area contributed by atoms with Crippen LogP contribution in [0.15, 0.2) is 22.8 Å². The number of nitrogens with zero attached hydrogens (tertiary/aromatic N) is 1. The second-order valence-corrected chi connectivity index (χ2v) is 4.48. The summed E-state index contributed by atoms with van der Waals surface area (Å²) in [4.78, 5) is 4.15. The van der Waals surface area contributed by atoms with Gasteiger partial charge in [0.25, 0.3) is 0 Å². The van der Waals surface area contributed by atoms with E-state index in [1.165, 1.54) is 0 Å². The molecule has 1 N–H and O–H groups in total. The molecule has 0 radical (unpaired) electrons. The minimum atomic E-state index is -0.722. The van der Waals surface area contributed by atoms with Crippen LogP contribution in [0, 0.1) is 0 Å². The van der Waals surface area contributed by atoms with Gasteiger partial charge in [-0.2, -0.15) is 0 Å². The zero-order chi connectivity index (χ0) is 9.97. The summed E-state index contributed by atoms with van der Waals surface area (Å²) in [5.74, 6) is 0.753. The van der Waals surface area contributed by atoms with Crippen LogP contribution in [0.5, 0.6) is 0 Å². The first-order chi connectivity index (χ1) is 6.75. The molecule has 1 fully saturated rings. The zero-order valence-corrected chi connectivity index (χ0v) is 9.30. The summed E-state index contributed by atoms with van der Waals surface area (Å²) in [6.07, 6.45) is 3.54. The Morgan fingerprint density at radius 1 is 1.43 bits per heavy atom. The average Bonchev–Trinajstić information content (AvgIpc) is 2.56. The summed E-state index contributed by atoms with van der Waals surface area (Å²) in [6, 6.07) is 3.70. The van der Waals surface area contributed by atoms with Gasteiger partial charge in [0.2, 0.25) is 0 Å². The van der Waals surface area contributed by atoms with Crippen molar-refractivity contribution in [3.63, 3.8) is 0 Å². The lowest BCUT2D eigenvalue weighted by Crippen LogP contribution is -2.25. The fourth-order valence-electron chi connectivity index (χ4n) is 1.73. The highest BCUT2D eigenvalue weighted by Crippen LogP contribution is 2.25. The van der Waals surface area contributed by atoms with Crippen LogP contribution in [0.1, 0.15) is 19.3 Å². The van der Waals surface area contributed by atoms with Crippen molar-refractivity contribution in [2.45, 2.75) is 31.5 Å². The van der Waals surface area contributed by atoms with Gasteiger partial charge in [0, 0.05) is 10.7 Å². The molecule has 14 heavy (non-hydrogen) atoms. The van der Waals surface area contributed by atoms with Crippen molar-refractivity contribution in [3.05, 3.63) is 22.8 Å². The Kier molecular flexibility index (Phi) is 3.01. The maximum absolute atomic E-state index is 13.3. The zero-order valence-electron chi connectivity index (χ0n) is 7.71. The van der Waals surface area contributed by atoms with Gasteiger partial charge >= 0.3 is 0 Å². The fraction of sp³-hybridized carbons (Fsp3) is 0.500. The van der Waals surface area contributed by atoms with Crippen LogP contribution in [0.3, 0.4) is 0 Å². The summed E-state index contributed by atoms with van der Waals surface area (Å²) < 4.78 is 14.2. The molecule has 0 saturated heterocycles. The van der Waals surface area contributed by atoms with E-state index in [1.54, 1.807) is 6.20 Å². The van der Waals surface area contributed by atoms with Crippen molar-refractivity contribution in [1.29, 1.82) is 0 Å². The van der Waals surface area contributed by atoms with Crippen LogP contribution in [0.2, 0.25) is 0 Å². The number of nitrogens with one attached hydrogen (secondary N) is 1. The number of alkyl halides is 1. The number of aromatic nitrogens is 1. The molecule has 2 rings (SSSR count). The number of hydrogen-bond donors (Lipinski definition) is 1. The van der Waals surface area contributed by atoms with Crippen molar-refractivity contribution in [3.8, 4) is 0 Å². The number of anilines is 1. The Morgan fingerprint density at radius 2 is 2.29 bits per heavy atom. The molecule has 4 heteroatoms. The van der Waals surface area contributed by atoms with Crippen LogP contribution < -0.4 is 5.32 Å². The predicted octanol–water partition coefficient (Wildman–Crippen LogP) is 3.15. The van der Waals surface area contributed by atoms with Gasteiger partial charge in [-0.1, -0.05) is 0 Å². The van der Waals surface area contributed by atoms with Gasteiger partial charge in [-0.15, -0.1) is 0 Å². The third-order valence-corrected chi connectivity index (χ3v) is 2.96. The average molecular weight is 259 g/mol. The Bertz CT molecular complexity index is 301. The largest absolute Gasteiger partial charge is 0.364 e. The Hall–Kier alpha value is -0.640. The van der Waals surface area contributed by atoms with Gasteiger partial charge in [0.05, 0.1) is 6.04 Å². The highest BCUT2D eigenvalue weighted by Gasteiger charge is 2.26. The van der Waals surface area contributed by atoms with E-state index < -0.39 is 6.17 Å². The minimum absolute atomic E-state index is 0.0522. The molecule has 0 spiro atoms. The van der Waals surface area contributed by atoms with E-state index in [4.69, 9.17) is 0 Å². The van der Waals surface area contributed by atoms with Crippen molar-refractivity contribution >= 4 is 21.7 Å². The molecule has 0 unspecified atom stereocenters. The molecule has 1 aromatic heterocycles. The summed E-state index contributed by atoms with van der Waals surface area (Å²) >= 11 is 3.31. The minimum Gasteiger partial charge on any atom is -0.364 e. The predicted molar refractivity (Wildman–Crippen MR) is 58.1 cm³/mol. The number of halogens is 2.